The molecular formula is C44H47N3O7S2. The summed E-state index contributed by atoms with van der Waals surface area (Å²) in [4.78, 5) is 27.6. The highest BCUT2D eigenvalue weighted by molar-refractivity contribution is 7.08. The van der Waals surface area contributed by atoms with Crippen LogP contribution < -0.4 is 18.9 Å². The number of rotatable bonds is 8. The van der Waals surface area contributed by atoms with Gasteiger partial charge in [0.05, 0.1) is 46.9 Å². The van der Waals surface area contributed by atoms with Crippen molar-refractivity contribution in [3.05, 3.63) is 92.6 Å². The largest absolute Gasteiger partial charge is 0.497 e. The second kappa shape index (κ2) is 15.6. The molecule has 8 rings (SSSR count). The lowest BCUT2D eigenvalue weighted by Crippen LogP contribution is -2.43. The number of amides is 1. The number of aromatic nitrogens is 2. The third-order valence-electron chi connectivity index (χ3n) is 10.7. The maximum atomic E-state index is 13.5. The summed E-state index contributed by atoms with van der Waals surface area (Å²) in [5, 5.41) is 8.31. The van der Waals surface area contributed by atoms with Crippen molar-refractivity contribution in [3.63, 3.8) is 0 Å². The maximum absolute atomic E-state index is 13.5. The number of nitrogens with zero attached hydrogens (tertiary/aromatic N) is 3. The molecule has 292 valence electrons. The molecule has 2 aromatic carbocycles. The molecule has 0 saturated heterocycles. The molecule has 0 atom stereocenters. The first-order chi connectivity index (χ1) is 26.9. The number of carbonyl (C=O) groups excluding carboxylic acids is 2. The van der Waals surface area contributed by atoms with E-state index in [0.717, 1.165) is 92.7 Å². The Morgan fingerprint density at radius 1 is 0.661 bits per heavy atom. The highest BCUT2D eigenvalue weighted by atomic mass is 32.1. The quantitative estimate of drug-likeness (QED) is 0.142. The van der Waals surface area contributed by atoms with Crippen molar-refractivity contribution in [2.75, 3.05) is 42.6 Å². The van der Waals surface area contributed by atoms with Crippen LogP contribution in [0.5, 0.6) is 23.0 Å². The van der Waals surface area contributed by atoms with Gasteiger partial charge in [0.1, 0.15) is 34.4 Å². The first-order valence-electron chi connectivity index (χ1n) is 18.3. The van der Waals surface area contributed by atoms with E-state index >= 15 is 0 Å². The lowest BCUT2D eigenvalue weighted by molar-refractivity contribution is 0.0587. The Kier molecular flexibility index (Phi) is 10.8. The molecule has 0 saturated carbocycles. The summed E-state index contributed by atoms with van der Waals surface area (Å²) in [7, 11) is 9.94. The Hall–Kier alpha value is -5.46. The number of benzene rings is 2. The van der Waals surface area contributed by atoms with Crippen LogP contribution in [0.15, 0.2) is 70.1 Å². The van der Waals surface area contributed by atoms with Gasteiger partial charge in [-0.3, -0.25) is 4.79 Å². The number of hydrogen-bond acceptors (Lipinski definition) is 9. The molecule has 2 aliphatic rings. The number of carbonyl (C=O) groups is 2. The van der Waals surface area contributed by atoms with E-state index in [9.17, 15) is 9.59 Å². The van der Waals surface area contributed by atoms with E-state index in [4.69, 9.17) is 23.7 Å². The lowest BCUT2D eigenvalue weighted by Gasteiger charge is -2.33. The van der Waals surface area contributed by atoms with Gasteiger partial charge in [-0.05, 0) is 114 Å². The molecule has 0 spiro atoms. The summed E-state index contributed by atoms with van der Waals surface area (Å²) in [6, 6.07) is 16.1. The number of aryl methyl sites for hydroxylation is 2. The summed E-state index contributed by atoms with van der Waals surface area (Å²) in [5.74, 6) is 2.76. The van der Waals surface area contributed by atoms with Crippen molar-refractivity contribution >= 4 is 34.6 Å². The fourth-order valence-corrected chi connectivity index (χ4v) is 8.86. The van der Waals surface area contributed by atoms with Crippen molar-refractivity contribution in [1.82, 2.24) is 14.0 Å². The van der Waals surface area contributed by atoms with E-state index in [1.807, 2.05) is 52.2 Å². The fourth-order valence-electron chi connectivity index (χ4n) is 7.55. The van der Waals surface area contributed by atoms with Crippen LogP contribution in [-0.4, -0.2) is 74.0 Å². The minimum absolute atomic E-state index is 0.0289. The highest BCUT2D eigenvalue weighted by Crippen LogP contribution is 2.48. The van der Waals surface area contributed by atoms with Crippen LogP contribution >= 0.6 is 22.7 Å². The predicted molar refractivity (Wildman–Crippen MR) is 223 cm³/mol. The van der Waals surface area contributed by atoms with Crippen LogP contribution in [0.3, 0.4) is 0 Å². The molecule has 1 amide bonds. The third-order valence-corrected chi connectivity index (χ3v) is 12.1. The van der Waals surface area contributed by atoms with Crippen LogP contribution in [0.2, 0.25) is 0 Å². The van der Waals surface area contributed by atoms with Gasteiger partial charge in [0.15, 0.2) is 0 Å². The molecule has 0 radical (unpaired) electrons. The minimum atomic E-state index is -0.330. The van der Waals surface area contributed by atoms with Crippen LogP contribution in [0.1, 0.15) is 52.9 Å². The molecule has 10 nitrogen and oxygen atoms in total. The number of thiophene rings is 2. The van der Waals surface area contributed by atoms with Gasteiger partial charge in [0.25, 0.3) is 5.91 Å². The van der Waals surface area contributed by atoms with Gasteiger partial charge in [-0.15, -0.1) is 0 Å². The SMILES string of the molecule is COC(=O)c1cc(-c2ccsc2)c2n1CCc1cc(OC)cc(OC)c1-2.COc1cc2c(c(OC)c1)-c1c(-c3ccsc3)cc(C(=O)N(C)C(C)(C)C)n1CC2. The summed E-state index contributed by atoms with van der Waals surface area (Å²) in [6.07, 6.45) is 1.60. The summed E-state index contributed by atoms with van der Waals surface area (Å²) >= 11 is 3.28. The van der Waals surface area contributed by atoms with Crippen molar-refractivity contribution in [1.29, 1.82) is 0 Å². The monoisotopic (exact) mass is 793 g/mol. The molecule has 0 fully saturated rings. The number of hydrogen-bond donors (Lipinski definition) is 0. The number of fused-ring (bicyclic) bond motifs is 6. The zero-order valence-electron chi connectivity index (χ0n) is 33.3. The normalized spacial score (nSPS) is 12.6. The van der Waals surface area contributed by atoms with Gasteiger partial charge >= 0.3 is 5.97 Å². The van der Waals surface area contributed by atoms with Crippen LogP contribution in [0, 0.1) is 0 Å². The summed E-state index contributed by atoms with van der Waals surface area (Å²) in [6.45, 7) is 7.59. The lowest BCUT2D eigenvalue weighted by atomic mass is 9.93. The van der Waals surface area contributed by atoms with E-state index in [1.165, 1.54) is 12.7 Å². The highest BCUT2D eigenvalue weighted by Gasteiger charge is 2.33. The zero-order valence-corrected chi connectivity index (χ0v) is 34.9. The maximum Gasteiger partial charge on any atom is 0.354 e. The Labute approximate surface area is 335 Å². The van der Waals surface area contributed by atoms with Crippen molar-refractivity contribution in [2.45, 2.75) is 52.2 Å². The smallest absolute Gasteiger partial charge is 0.354 e. The molecule has 0 N–H and O–H groups in total. The van der Waals surface area contributed by atoms with Crippen LogP contribution in [-0.2, 0) is 30.7 Å². The van der Waals surface area contributed by atoms with Gasteiger partial charge in [-0.1, -0.05) is 0 Å². The average Bonchev–Trinajstić information content (AvgIpc) is 4.05. The van der Waals surface area contributed by atoms with E-state index in [2.05, 4.69) is 59.7 Å². The minimum Gasteiger partial charge on any atom is -0.497 e. The second-order valence-corrected chi connectivity index (χ2v) is 16.2. The Bertz CT molecular complexity index is 2360. The first kappa shape index (κ1) is 38.8. The molecule has 2 aliphatic heterocycles. The van der Waals surface area contributed by atoms with E-state index in [-0.39, 0.29) is 17.4 Å². The van der Waals surface area contributed by atoms with Gasteiger partial charge in [-0.2, -0.15) is 22.7 Å². The van der Waals surface area contributed by atoms with Crippen molar-refractivity contribution in [2.24, 2.45) is 0 Å². The fraction of sp³-hybridized carbons (Fsp3) is 0.318. The number of esters is 1. The standard InChI is InChI=1S/C24H28N2O3S.C20H19NO4S/c1-24(2,3)25(4)23(27)19-13-18(16-8-10-30-14-16)22-21-15(7-9-26(19)22)11-17(28-5)12-20(21)29-6;1-23-14-8-12-4-6-21-16(20(22)25-3)10-15(13-5-7-26-11-13)19(21)18(12)17(9-14)24-2/h8,10-14H,7,9H2,1-6H3;5,7-11H,4,6H2,1-3H3. The van der Waals surface area contributed by atoms with Gasteiger partial charge in [0, 0.05) is 60.1 Å². The van der Waals surface area contributed by atoms with Crippen LogP contribution in [0.4, 0.5) is 0 Å². The Morgan fingerprint density at radius 3 is 1.52 bits per heavy atom. The van der Waals surface area contributed by atoms with E-state index in [0.29, 0.717) is 17.9 Å². The molecular weight excluding hydrogens is 747 g/mol. The Balaban J connectivity index is 0.000000173. The van der Waals surface area contributed by atoms with Crippen molar-refractivity contribution < 1.29 is 33.3 Å². The van der Waals surface area contributed by atoms with Crippen molar-refractivity contribution in [3.8, 4) is 67.8 Å². The number of methoxy groups -OCH3 is 5. The average molecular weight is 794 g/mol. The van der Waals surface area contributed by atoms with Gasteiger partial charge in [-0.25, -0.2) is 4.79 Å². The molecule has 0 bridgehead atoms. The summed E-state index contributed by atoms with van der Waals surface area (Å²) in [5.41, 5.74) is 11.7. The number of ether oxygens (including phenoxy) is 5. The third kappa shape index (κ3) is 6.85. The molecule has 6 aromatic rings. The molecule has 0 unspecified atom stereocenters. The molecule has 4 aromatic heterocycles. The van der Waals surface area contributed by atoms with Gasteiger partial charge < -0.3 is 37.7 Å². The summed E-state index contributed by atoms with van der Waals surface area (Å²) < 4.78 is 31.5. The van der Waals surface area contributed by atoms with E-state index < -0.39 is 0 Å². The van der Waals surface area contributed by atoms with E-state index in [1.54, 1.807) is 51.1 Å². The molecule has 56 heavy (non-hydrogen) atoms. The molecule has 0 aliphatic carbocycles. The first-order valence-corrected chi connectivity index (χ1v) is 20.2. The Morgan fingerprint density at radius 2 is 1.12 bits per heavy atom. The molecule has 12 heteroatoms. The van der Waals surface area contributed by atoms with Gasteiger partial charge in [0.2, 0.25) is 0 Å². The van der Waals surface area contributed by atoms with Crippen LogP contribution in [0.25, 0.3) is 44.8 Å². The predicted octanol–water partition coefficient (Wildman–Crippen LogP) is 9.57. The molecule has 6 heterocycles. The second-order valence-electron chi connectivity index (χ2n) is 14.7. The zero-order chi connectivity index (χ0) is 39.9. The topological polar surface area (TPSA) is 93.4 Å².